The average Bonchev–Trinajstić information content (AvgIpc) is 2.99. The zero-order chi connectivity index (χ0) is 20.4. The number of rotatable bonds is 7. The van der Waals surface area contributed by atoms with Crippen molar-refractivity contribution in [2.45, 2.75) is 53.2 Å². The van der Waals surface area contributed by atoms with Crippen LogP contribution in [-0.2, 0) is 20.8 Å². The van der Waals surface area contributed by atoms with E-state index in [-0.39, 0.29) is 12.5 Å². The van der Waals surface area contributed by atoms with Crippen LogP contribution in [0.2, 0.25) is 25.7 Å². The highest BCUT2D eigenvalue weighted by molar-refractivity contribution is 6.76. The van der Waals surface area contributed by atoms with Crippen LogP contribution < -0.4 is 5.46 Å². The van der Waals surface area contributed by atoms with Gasteiger partial charge in [-0.3, -0.25) is 0 Å². The molecule has 0 unspecified atom stereocenters. The molecule has 0 N–H and O–H groups in total. The number of aryl methyl sites for hydroxylation is 1. The Morgan fingerprint density at radius 3 is 2.39 bits per heavy atom. The molecule has 1 aromatic heterocycles. The molecule has 0 saturated carbocycles. The Hall–Kier alpha value is -1.41. The molecule has 1 aromatic carbocycles. The lowest BCUT2D eigenvalue weighted by molar-refractivity contribution is 0.0343. The summed E-state index contributed by atoms with van der Waals surface area (Å²) in [5, 5.41) is 0. The van der Waals surface area contributed by atoms with Crippen molar-refractivity contribution < 1.29 is 14.0 Å². The van der Waals surface area contributed by atoms with Crippen LogP contribution in [0.4, 0.5) is 0 Å². The molecular weight excluding hydrogens is 367 g/mol. The smallest absolute Gasteiger partial charge is 0.407 e. The maximum Gasteiger partial charge on any atom is 0.493 e. The number of nitrogens with zero attached hydrogens (tertiary/aromatic N) is 2. The first-order valence-electron chi connectivity index (χ1n) is 10.1. The first kappa shape index (κ1) is 21.3. The number of ether oxygens (including phenoxy) is 1. The SMILES string of the molecule is Cc1nc(-c2ccc(B3OCC(C)(C)CO3)cc2)cn1COCC[Si](C)(C)C. The van der Waals surface area contributed by atoms with Gasteiger partial charge in [-0.2, -0.15) is 0 Å². The minimum atomic E-state index is -1.05. The highest BCUT2D eigenvalue weighted by Crippen LogP contribution is 2.22. The van der Waals surface area contributed by atoms with E-state index in [9.17, 15) is 0 Å². The fourth-order valence-electron chi connectivity index (χ4n) is 3.02. The Balaban J connectivity index is 1.60. The molecule has 0 amide bonds. The minimum absolute atomic E-state index is 0.0813. The van der Waals surface area contributed by atoms with Crippen LogP contribution >= 0.6 is 0 Å². The number of aromatic nitrogens is 2. The van der Waals surface area contributed by atoms with Gasteiger partial charge < -0.3 is 18.6 Å². The van der Waals surface area contributed by atoms with Crippen LogP contribution in [0.15, 0.2) is 30.5 Å². The molecular formula is C21H33BN2O3Si. The van der Waals surface area contributed by atoms with E-state index in [1.807, 2.05) is 6.92 Å². The van der Waals surface area contributed by atoms with Gasteiger partial charge in [-0.25, -0.2) is 4.98 Å². The maximum atomic E-state index is 5.87. The molecule has 5 nitrogen and oxygen atoms in total. The van der Waals surface area contributed by atoms with Crippen molar-refractivity contribution in [3.8, 4) is 11.3 Å². The Morgan fingerprint density at radius 2 is 1.79 bits per heavy atom. The predicted octanol–water partition coefficient (Wildman–Crippen LogP) is 3.94. The molecule has 0 spiro atoms. The number of hydrogen-bond acceptors (Lipinski definition) is 4. The van der Waals surface area contributed by atoms with E-state index < -0.39 is 8.07 Å². The topological polar surface area (TPSA) is 45.5 Å². The third kappa shape index (κ3) is 5.80. The van der Waals surface area contributed by atoms with Crippen LogP contribution in [-0.4, -0.2) is 44.6 Å². The van der Waals surface area contributed by atoms with Gasteiger partial charge in [-0.05, 0) is 18.4 Å². The van der Waals surface area contributed by atoms with E-state index in [1.54, 1.807) is 0 Å². The first-order chi connectivity index (χ1) is 13.1. The van der Waals surface area contributed by atoms with Crippen LogP contribution in [0.25, 0.3) is 11.3 Å². The summed E-state index contributed by atoms with van der Waals surface area (Å²) in [6.07, 6.45) is 2.06. The molecule has 0 atom stereocenters. The van der Waals surface area contributed by atoms with Crippen LogP contribution in [0.3, 0.4) is 0 Å². The van der Waals surface area contributed by atoms with E-state index in [0.717, 1.165) is 29.2 Å². The highest BCUT2D eigenvalue weighted by atomic mass is 28.3. The zero-order valence-electron chi connectivity index (χ0n) is 18.1. The summed E-state index contributed by atoms with van der Waals surface area (Å²) in [4.78, 5) is 4.70. The van der Waals surface area contributed by atoms with Crippen molar-refractivity contribution in [1.29, 1.82) is 0 Å². The van der Waals surface area contributed by atoms with Crippen molar-refractivity contribution >= 4 is 20.7 Å². The summed E-state index contributed by atoms with van der Waals surface area (Å²) < 4.78 is 19.7. The van der Waals surface area contributed by atoms with Gasteiger partial charge in [0.25, 0.3) is 0 Å². The molecule has 7 heteroatoms. The molecule has 1 saturated heterocycles. The summed E-state index contributed by atoms with van der Waals surface area (Å²) >= 11 is 0. The van der Waals surface area contributed by atoms with E-state index >= 15 is 0 Å². The second kappa shape index (κ2) is 8.53. The largest absolute Gasteiger partial charge is 0.493 e. The van der Waals surface area contributed by atoms with Crippen molar-refractivity contribution in [3.05, 3.63) is 36.3 Å². The van der Waals surface area contributed by atoms with Crippen LogP contribution in [0.1, 0.15) is 19.7 Å². The second-order valence-corrected chi connectivity index (χ2v) is 15.4. The molecule has 1 aliphatic heterocycles. The van der Waals surface area contributed by atoms with Crippen LogP contribution in [0, 0.1) is 12.3 Å². The quantitative estimate of drug-likeness (QED) is 0.522. The average molecular weight is 400 g/mol. The third-order valence-electron chi connectivity index (χ3n) is 4.93. The third-order valence-corrected chi connectivity index (χ3v) is 6.64. The molecule has 2 aromatic rings. The number of imidazole rings is 1. The van der Waals surface area contributed by atoms with Gasteiger partial charge in [0.15, 0.2) is 0 Å². The van der Waals surface area contributed by atoms with Gasteiger partial charge in [0.05, 0.1) is 5.69 Å². The molecule has 0 bridgehead atoms. The van der Waals surface area contributed by atoms with Gasteiger partial charge >= 0.3 is 7.12 Å². The minimum Gasteiger partial charge on any atom is -0.407 e. The van der Waals surface area contributed by atoms with Crippen LogP contribution in [0.5, 0.6) is 0 Å². The molecule has 3 rings (SSSR count). The lowest BCUT2D eigenvalue weighted by Crippen LogP contribution is -2.47. The second-order valence-electron chi connectivity index (χ2n) is 9.73. The number of benzene rings is 1. The standard InChI is InChI=1S/C21H33BN2O3Si/c1-17-23-20(13-24(17)16-25-11-12-28(4,5)6)18-7-9-19(10-8-18)22-26-14-21(2,3)15-27-22/h7-10,13H,11-12,14-16H2,1-6H3. The summed E-state index contributed by atoms with van der Waals surface area (Å²) in [6.45, 7) is 16.2. The fourth-order valence-corrected chi connectivity index (χ4v) is 3.77. The molecule has 1 fully saturated rings. The lowest BCUT2D eigenvalue weighted by atomic mass is 9.75. The van der Waals surface area contributed by atoms with Crippen molar-refractivity contribution in [3.63, 3.8) is 0 Å². The Labute approximate surface area is 170 Å². The van der Waals surface area contributed by atoms with E-state index in [0.29, 0.717) is 19.9 Å². The van der Waals surface area contributed by atoms with E-state index in [1.165, 1.54) is 6.04 Å². The summed E-state index contributed by atoms with van der Waals surface area (Å²) in [6, 6.07) is 9.48. The lowest BCUT2D eigenvalue weighted by Gasteiger charge is -2.33. The predicted molar refractivity (Wildman–Crippen MR) is 118 cm³/mol. The summed E-state index contributed by atoms with van der Waals surface area (Å²) in [7, 11) is -1.33. The van der Waals surface area contributed by atoms with Gasteiger partial charge in [-0.1, -0.05) is 57.8 Å². The van der Waals surface area contributed by atoms with Gasteiger partial charge in [0, 0.05) is 45.1 Å². The fraction of sp³-hybridized carbons (Fsp3) is 0.571. The van der Waals surface area contributed by atoms with Gasteiger partial charge in [-0.15, -0.1) is 0 Å². The van der Waals surface area contributed by atoms with Crippen molar-refractivity contribution in [2.24, 2.45) is 5.41 Å². The van der Waals surface area contributed by atoms with Crippen molar-refractivity contribution in [1.82, 2.24) is 9.55 Å². The molecule has 1 aliphatic rings. The Kier molecular flexibility index (Phi) is 6.49. The Morgan fingerprint density at radius 1 is 1.14 bits per heavy atom. The number of hydrogen-bond donors (Lipinski definition) is 0. The van der Waals surface area contributed by atoms with E-state index in [4.69, 9.17) is 19.0 Å². The first-order valence-corrected chi connectivity index (χ1v) is 13.8. The molecule has 152 valence electrons. The monoisotopic (exact) mass is 400 g/mol. The van der Waals surface area contributed by atoms with Crippen molar-refractivity contribution in [2.75, 3.05) is 19.8 Å². The molecule has 2 heterocycles. The van der Waals surface area contributed by atoms with E-state index in [2.05, 4.69) is 68.5 Å². The molecule has 0 radical (unpaired) electrons. The molecule has 28 heavy (non-hydrogen) atoms. The highest BCUT2D eigenvalue weighted by Gasteiger charge is 2.33. The summed E-state index contributed by atoms with van der Waals surface area (Å²) in [5.74, 6) is 0.966. The zero-order valence-corrected chi connectivity index (χ0v) is 19.1. The van der Waals surface area contributed by atoms with Gasteiger partial charge in [0.1, 0.15) is 12.6 Å². The summed E-state index contributed by atoms with van der Waals surface area (Å²) in [5.41, 5.74) is 3.18. The van der Waals surface area contributed by atoms with Gasteiger partial charge in [0.2, 0.25) is 0 Å². The normalized spacial score (nSPS) is 17.1. The molecule has 0 aliphatic carbocycles. The Bertz CT molecular complexity index is 774. The maximum absolute atomic E-state index is 5.87.